The number of allylic oxidation sites excluding steroid dienone is 3. The summed E-state index contributed by atoms with van der Waals surface area (Å²) in [6.45, 7) is 1.26. The van der Waals surface area contributed by atoms with Gasteiger partial charge in [0.2, 0.25) is 0 Å². The second-order valence-electron chi connectivity index (χ2n) is 2.17. The lowest BCUT2D eigenvalue weighted by molar-refractivity contribution is 0.0524. The van der Waals surface area contributed by atoms with Crippen LogP contribution in [0.25, 0.3) is 0 Å². The van der Waals surface area contributed by atoms with Crippen molar-refractivity contribution in [2.24, 2.45) is 0 Å². The summed E-state index contributed by atoms with van der Waals surface area (Å²) in [5, 5.41) is 0. The zero-order valence-corrected chi connectivity index (χ0v) is 5.54. The van der Waals surface area contributed by atoms with Crippen molar-refractivity contribution in [3.63, 3.8) is 0 Å². The normalized spacial score (nSPS) is 21.6. The van der Waals surface area contributed by atoms with E-state index in [1.54, 1.807) is 0 Å². The molecule has 0 fully saturated rings. The maximum Gasteiger partial charge on any atom is 0.287 e. The van der Waals surface area contributed by atoms with Gasteiger partial charge in [-0.15, -0.1) is 0 Å². The first-order valence-corrected chi connectivity index (χ1v) is 3.30. The van der Waals surface area contributed by atoms with Crippen LogP contribution >= 0.6 is 0 Å². The molecule has 0 aromatic carbocycles. The molecule has 0 N–H and O–H groups in total. The number of hydrogen-bond acceptors (Lipinski definition) is 2. The maximum atomic E-state index is 5.20. The molecule has 52 valence electrons. The molecule has 0 saturated heterocycles. The van der Waals surface area contributed by atoms with Crippen molar-refractivity contribution in [2.45, 2.75) is 0 Å². The third kappa shape index (κ3) is 0.817. The molecule has 0 radical (unpaired) electrons. The van der Waals surface area contributed by atoms with Crippen LogP contribution in [0.2, 0.25) is 0 Å². The van der Waals surface area contributed by atoms with Gasteiger partial charge in [0.25, 0.3) is 5.95 Å². The highest BCUT2D eigenvalue weighted by Gasteiger charge is 2.10. The maximum absolute atomic E-state index is 5.20. The van der Waals surface area contributed by atoms with E-state index < -0.39 is 0 Å². The Morgan fingerprint density at radius 3 is 2.10 bits per heavy atom. The van der Waals surface area contributed by atoms with Gasteiger partial charge in [-0.1, -0.05) is 0 Å². The van der Waals surface area contributed by atoms with E-state index in [0.29, 0.717) is 19.2 Å². The summed E-state index contributed by atoms with van der Waals surface area (Å²) >= 11 is 0. The second-order valence-corrected chi connectivity index (χ2v) is 2.17. The Morgan fingerprint density at radius 2 is 1.60 bits per heavy atom. The van der Waals surface area contributed by atoms with E-state index in [4.69, 9.17) is 9.47 Å². The fourth-order valence-electron chi connectivity index (χ4n) is 0.998. The molecule has 2 heteroatoms. The van der Waals surface area contributed by atoms with Gasteiger partial charge in [0.1, 0.15) is 13.2 Å². The zero-order chi connectivity index (χ0) is 6.81. The topological polar surface area (TPSA) is 18.5 Å². The van der Waals surface area contributed by atoms with E-state index >= 15 is 0 Å². The lowest BCUT2D eigenvalue weighted by Crippen LogP contribution is -2.07. The second kappa shape index (κ2) is 2.21. The molecule has 0 atom stereocenters. The van der Waals surface area contributed by atoms with Crippen LogP contribution in [-0.4, -0.2) is 13.2 Å². The van der Waals surface area contributed by atoms with Crippen molar-refractivity contribution >= 4 is 0 Å². The first-order chi connectivity index (χ1) is 4.97. The summed E-state index contributed by atoms with van der Waals surface area (Å²) in [6, 6.07) is 0. The van der Waals surface area contributed by atoms with Gasteiger partial charge in [0.05, 0.1) is 5.57 Å². The Bertz CT molecular complexity index is 201. The average molecular weight is 136 g/mol. The Morgan fingerprint density at radius 1 is 1.00 bits per heavy atom. The molecule has 0 aromatic heterocycles. The predicted molar refractivity (Wildman–Crippen MR) is 37.2 cm³/mol. The lowest BCUT2D eigenvalue weighted by atomic mass is 10.2. The van der Waals surface area contributed by atoms with Gasteiger partial charge < -0.3 is 9.47 Å². The number of ether oxygens (including phenoxy) is 2. The van der Waals surface area contributed by atoms with Crippen LogP contribution in [0.3, 0.4) is 0 Å². The minimum atomic E-state index is 0.632. The van der Waals surface area contributed by atoms with Gasteiger partial charge in [0.15, 0.2) is 0 Å². The smallest absolute Gasteiger partial charge is 0.287 e. The highest BCUT2D eigenvalue weighted by atomic mass is 16.7. The van der Waals surface area contributed by atoms with E-state index in [9.17, 15) is 0 Å². The summed E-state index contributed by atoms with van der Waals surface area (Å²) in [5.74, 6) is 0.671. The highest BCUT2D eigenvalue weighted by molar-refractivity contribution is 5.34. The van der Waals surface area contributed by atoms with Crippen LogP contribution in [0.4, 0.5) is 0 Å². The zero-order valence-electron chi connectivity index (χ0n) is 5.54. The summed E-state index contributed by atoms with van der Waals surface area (Å²) in [6.07, 6.45) is 7.96. The van der Waals surface area contributed by atoms with E-state index in [1.807, 2.05) is 24.3 Å². The fourth-order valence-corrected chi connectivity index (χ4v) is 0.998. The van der Waals surface area contributed by atoms with Crippen molar-refractivity contribution < 1.29 is 9.47 Å². The molecule has 0 bridgehead atoms. The monoisotopic (exact) mass is 136 g/mol. The van der Waals surface area contributed by atoms with Crippen molar-refractivity contribution in [3.05, 3.63) is 35.8 Å². The van der Waals surface area contributed by atoms with E-state index in [0.717, 1.165) is 5.57 Å². The molecule has 2 aliphatic rings. The van der Waals surface area contributed by atoms with Crippen molar-refractivity contribution in [2.75, 3.05) is 13.2 Å². The first-order valence-electron chi connectivity index (χ1n) is 3.30. The van der Waals surface area contributed by atoms with Crippen LogP contribution in [0.15, 0.2) is 35.8 Å². The largest absolute Gasteiger partial charge is 0.461 e. The van der Waals surface area contributed by atoms with Crippen molar-refractivity contribution in [1.29, 1.82) is 0 Å². The Hall–Kier alpha value is -1.18. The van der Waals surface area contributed by atoms with Crippen molar-refractivity contribution in [1.82, 2.24) is 0 Å². The molecule has 0 aliphatic carbocycles. The highest BCUT2D eigenvalue weighted by Crippen LogP contribution is 2.18. The Balaban J connectivity index is 2.32. The molecule has 2 rings (SSSR count). The summed E-state index contributed by atoms with van der Waals surface area (Å²) in [4.78, 5) is 0. The molecule has 2 aliphatic heterocycles. The number of rotatable bonds is 0. The quantitative estimate of drug-likeness (QED) is 0.500. The van der Waals surface area contributed by atoms with E-state index in [2.05, 4.69) is 0 Å². The van der Waals surface area contributed by atoms with Gasteiger partial charge in [-0.25, -0.2) is 0 Å². The van der Waals surface area contributed by atoms with E-state index in [-0.39, 0.29) is 0 Å². The molecular weight excluding hydrogens is 128 g/mol. The van der Waals surface area contributed by atoms with Crippen LogP contribution in [-0.2, 0) is 9.47 Å². The van der Waals surface area contributed by atoms with Crippen LogP contribution in [0.5, 0.6) is 0 Å². The number of hydrogen-bond donors (Lipinski definition) is 0. The van der Waals surface area contributed by atoms with Crippen molar-refractivity contribution in [3.8, 4) is 0 Å². The standard InChI is InChI=1S/C8H8O2/c1-3-7-4-2-6-10-8(7)9-5-1/h1-4H,5-6H2. The summed E-state index contributed by atoms with van der Waals surface area (Å²) in [5.41, 5.74) is 1.04. The lowest BCUT2D eigenvalue weighted by Gasteiger charge is -2.17. The molecule has 0 aromatic rings. The molecule has 0 amide bonds. The molecule has 2 nitrogen and oxygen atoms in total. The van der Waals surface area contributed by atoms with Gasteiger partial charge >= 0.3 is 0 Å². The van der Waals surface area contributed by atoms with Gasteiger partial charge in [-0.05, 0) is 24.3 Å². The van der Waals surface area contributed by atoms with E-state index in [1.165, 1.54) is 0 Å². The predicted octanol–water partition coefficient (Wildman–Crippen LogP) is 1.37. The Labute approximate surface area is 59.4 Å². The SMILES string of the molecule is C1=CC2=C(OC1)OCC=C2. The van der Waals surface area contributed by atoms with Gasteiger partial charge in [0, 0.05) is 0 Å². The third-order valence-corrected chi connectivity index (χ3v) is 1.45. The molecule has 2 heterocycles. The third-order valence-electron chi connectivity index (χ3n) is 1.45. The van der Waals surface area contributed by atoms with Crippen LogP contribution < -0.4 is 0 Å². The van der Waals surface area contributed by atoms with Crippen LogP contribution in [0.1, 0.15) is 0 Å². The minimum Gasteiger partial charge on any atom is -0.461 e. The first kappa shape index (κ1) is 5.59. The summed E-state index contributed by atoms with van der Waals surface area (Å²) < 4.78 is 10.4. The summed E-state index contributed by atoms with van der Waals surface area (Å²) in [7, 11) is 0. The Kier molecular flexibility index (Phi) is 1.24. The molecule has 10 heavy (non-hydrogen) atoms. The molecular formula is C8H8O2. The average Bonchev–Trinajstić information content (AvgIpc) is 2.05. The van der Waals surface area contributed by atoms with Gasteiger partial charge in [-0.3, -0.25) is 0 Å². The van der Waals surface area contributed by atoms with Crippen LogP contribution in [0, 0.1) is 0 Å². The molecule has 0 unspecified atom stereocenters. The van der Waals surface area contributed by atoms with Gasteiger partial charge in [-0.2, -0.15) is 0 Å². The molecule has 0 spiro atoms. The molecule has 0 saturated carbocycles. The fraction of sp³-hybridized carbons (Fsp3) is 0.250. The minimum absolute atomic E-state index is 0.632.